The molecule has 6 rings (SSSR count). The molecule has 4 saturated carbocycles. The van der Waals surface area contributed by atoms with E-state index in [0.717, 1.165) is 51.6 Å². The molecule has 10 atom stereocenters. The molecule has 4 nitrogen and oxygen atoms in total. The minimum Gasteiger partial charge on any atom is -0.368 e. The van der Waals surface area contributed by atoms with Crippen molar-refractivity contribution in [2.45, 2.75) is 103 Å². The third-order valence-electron chi connectivity index (χ3n) is 11.4. The number of fused-ring (bicyclic) bond motifs is 7. The van der Waals surface area contributed by atoms with E-state index in [-0.39, 0.29) is 16.9 Å². The highest BCUT2D eigenvalue weighted by molar-refractivity contribution is 5.29. The third kappa shape index (κ3) is 2.68. The molecule has 0 radical (unpaired) electrons. The Labute approximate surface area is 187 Å². The minimum absolute atomic E-state index is 0.210. The molecule has 2 aliphatic heterocycles. The predicted octanol–water partition coefficient (Wildman–Crippen LogP) is 5.03. The van der Waals surface area contributed by atoms with Crippen molar-refractivity contribution >= 4 is 0 Å². The van der Waals surface area contributed by atoms with E-state index in [2.05, 4.69) is 20.4 Å². The van der Waals surface area contributed by atoms with Crippen molar-refractivity contribution in [3.8, 4) is 0 Å². The molecule has 174 valence electrons. The van der Waals surface area contributed by atoms with E-state index in [0.29, 0.717) is 35.5 Å². The number of hydrogen-bond donors (Lipinski definition) is 2. The van der Waals surface area contributed by atoms with E-state index in [1.807, 2.05) is 0 Å². The van der Waals surface area contributed by atoms with Crippen LogP contribution in [0.1, 0.15) is 84.5 Å². The van der Waals surface area contributed by atoms with Crippen LogP contribution in [0.5, 0.6) is 0 Å². The lowest BCUT2D eigenvalue weighted by Gasteiger charge is -2.62. The van der Waals surface area contributed by atoms with Crippen molar-refractivity contribution < 1.29 is 19.7 Å². The third-order valence-corrected chi connectivity index (χ3v) is 11.4. The minimum atomic E-state index is -1.16. The van der Waals surface area contributed by atoms with Crippen LogP contribution in [0.3, 0.4) is 0 Å². The standard InChI is InChI=1S/C27H42O4/c1-16-9-13-27(30-15-16)17(2)23-22(31-27)14-21-19-8-7-18-6-4-5-11-26(18,24(28)29)20(19)10-12-25(21,23)3/h16,18-24,28-29H,2,4-15H2,1,3H3/t16?,18?,19-,20+,21+,22+,23+,25+,26-,27-/m1/s1. The molecule has 31 heavy (non-hydrogen) atoms. The highest BCUT2D eigenvalue weighted by atomic mass is 16.7. The van der Waals surface area contributed by atoms with E-state index in [1.165, 1.54) is 31.3 Å². The second-order valence-corrected chi connectivity index (χ2v) is 12.5. The predicted molar refractivity (Wildman–Crippen MR) is 119 cm³/mol. The molecule has 0 aromatic carbocycles. The van der Waals surface area contributed by atoms with Crippen LogP contribution >= 0.6 is 0 Å². The van der Waals surface area contributed by atoms with Crippen LogP contribution in [0.25, 0.3) is 0 Å². The maximum atomic E-state index is 10.7. The molecule has 2 N–H and O–H groups in total. The van der Waals surface area contributed by atoms with Gasteiger partial charge < -0.3 is 19.7 Å². The maximum absolute atomic E-state index is 10.7. The van der Waals surface area contributed by atoms with Crippen LogP contribution in [-0.4, -0.2) is 35.0 Å². The summed E-state index contributed by atoms with van der Waals surface area (Å²) in [6.07, 6.45) is 11.6. The van der Waals surface area contributed by atoms with E-state index in [1.54, 1.807) is 0 Å². The highest BCUT2D eigenvalue weighted by Gasteiger charge is 2.69. The normalized spacial score (nSPS) is 56.3. The largest absolute Gasteiger partial charge is 0.368 e. The summed E-state index contributed by atoms with van der Waals surface area (Å²) in [5.74, 6) is 2.63. The van der Waals surface area contributed by atoms with Crippen LogP contribution in [-0.2, 0) is 9.47 Å². The first-order chi connectivity index (χ1) is 14.8. The zero-order chi connectivity index (χ0) is 21.6. The van der Waals surface area contributed by atoms with Crippen molar-refractivity contribution in [3.05, 3.63) is 12.2 Å². The molecule has 0 aromatic heterocycles. The molecule has 0 amide bonds. The van der Waals surface area contributed by atoms with Gasteiger partial charge in [0.05, 0.1) is 12.7 Å². The van der Waals surface area contributed by atoms with E-state index < -0.39 is 12.1 Å². The van der Waals surface area contributed by atoms with Crippen LogP contribution in [0.4, 0.5) is 0 Å². The second-order valence-electron chi connectivity index (χ2n) is 12.5. The monoisotopic (exact) mass is 430 g/mol. The van der Waals surface area contributed by atoms with Gasteiger partial charge in [-0.3, -0.25) is 0 Å². The Morgan fingerprint density at radius 1 is 1.00 bits per heavy atom. The first kappa shape index (κ1) is 21.1. The van der Waals surface area contributed by atoms with Gasteiger partial charge in [0.2, 0.25) is 0 Å². The summed E-state index contributed by atoms with van der Waals surface area (Å²) in [5.41, 5.74) is 1.17. The molecule has 4 heteroatoms. The van der Waals surface area contributed by atoms with Crippen molar-refractivity contribution in [1.82, 2.24) is 0 Å². The summed E-state index contributed by atoms with van der Waals surface area (Å²) in [5, 5.41) is 21.4. The van der Waals surface area contributed by atoms with Gasteiger partial charge in [0.25, 0.3) is 0 Å². The van der Waals surface area contributed by atoms with Crippen LogP contribution in [0, 0.1) is 46.3 Å². The molecule has 2 unspecified atom stereocenters. The molecular weight excluding hydrogens is 388 g/mol. The fraction of sp³-hybridized carbons (Fsp3) is 0.926. The maximum Gasteiger partial charge on any atom is 0.191 e. The van der Waals surface area contributed by atoms with Gasteiger partial charge in [0.15, 0.2) is 12.1 Å². The van der Waals surface area contributed by atoms with Gasteiger partial charge >= 0.3 is 0 Å². The van der Waals surface area contributed by atoms with Gasteiger partial charge in [0.1, 0.15) is 0 Å². The summed E-state index contributed by atoms with van der Waals surface area (Å²) in [4.78, 5) is 0. The van der Waals surface area contributed by atoms with Gasteiger partial charge in [-0.05, 0) is 91.9 Å². The first-order valence-electron chi connectivity index (χ1n) is 13.2. The van der Waals surface area contributed by atoms with Crippen molar-refractivity contribution in [1.29, 1.82) is 0 Å². The van der Waals surface area contributed by atoms with Crippen LogP contribution < -0.4 is 0 Å². The van der Waals surface area contributed by atoms with Gasteiger partial charge in [-0.15, -0.1) is 0 Å². The number of rotatable bonds is 1. The molecule has 2 saturated heterocycles. The van der Waals surface area contributed by atoms with Crippen LogP contribution in [0.15, 0.2) is 12.2 Å². The van der Waals surface area contributed by atoms with E-state index >= 15 is 0 Å². The number of hydrogen-bond acceptors (Lipinski definition) is 4. The zero-order valence-electron chi connectivity index (χ0n) is 19.5. The Kier molecular flexibility index (Phi) is 4.80. The summed E-state index contributed by atoms with van der Waals surface area (Å²) in [6, 6.07) is 0. The van der Waals surface area contributed by atoms with Crippen molar-refractivity contribution in [3.63, 3.8) is 0 Å². The summed E-state index contributed by atoms with van der Waals surface area (Å²) >= 11 is 0. The topological polar surface area (TPSA) is 58.9 Å². The average molecular weight is 431 g/mol. The van der Waals surface area contributed by atoms with Gasteiger partial charge in [-0.2, -0.15) is 0 Å². The second kappa shape index (κ2) is 7.04. The number of aliphatic hydroxyl groups is 2. The number of ether oxygens (including phenoxy) is 2. The zero-order valence-corrected chi connectivity index (χ0v) is 19.5. The molecule has 0 bridgehead atoms. The summed E-state index contributed by atoms with van der Waals surface area (Å²) in [7, 11) is 0. The Balaban J connectivity index is 1.30. The van der Waals surface area contributed by atoms with Gasteiger partial charge in [-0.1, -0.05) is 33.3 Å². The van der Waals surface area contributed by atoms with Crippen LogP contribution in [0.2, 0.25) is 0 Å². The Hall–Kier alpha value is -0.420. The quantitative estimate of drug-likeness (QED) is 0.452. The number of aliphatic hydroxyl groups excluding tert-OH is 1. The van der Waals surface area contributed by atoms with Crippen molar-refractivity contribution in [2.24, 2.45) is 46.3 Å². The van der Waals surface area contributed by atoms with Gasteiger partial charge in [0, 0.05) is 17.8 Å². The average Bonchev–Trinajstić information content (AvgIpc) is 3.20. The summed E-state index contributed by atoms with van der Waals surface area (Å²) < 4.78 is 13.1. The fourth-order valence-corrected chi connectivity index (χ4v) is 9.98. The molecule has 4 aliphatic carbocycles. The van der Waals surface area contributed by atoms with Crippen molar-refractivity contribution in [2.75, 3.05) is 6.61 Å². The Morgan fingerprint density at radius 2 is 1.84 bits per heavy atom. The smallest absolute Gasteiger partial charge is 0.191 e. The molecule has 1 spiro atoms. The summed E-state index contributed by atoms with van der Waals surface area (Å²) in [6.45, 7) is 10.2. The van der Waals surface area contributed by atoms with E-state index in [4.69, 9.17) is 9.47 Å². The lowest BCUT2D eigenvalue weighted by molar-refractivity contribution is -0.243. The molecule has 6 fully saturated rings. The Morgan fingerprint density at radius 3 is 2.58 bits per heavy atom. The fourth-order valence-electron chi connectivity index (χ4n) is 9.98. The first-order valence-corrected chi connectivity index (χ1v) is 13.2. The highest BCUT2D eigenvalue weighted by Crippen LogP contribution is 2.71. The lowest BCUT2D eigenvalue weighted by atomic mass is 9.44. The molecular formula is C27H42O4. The molecule has 6 aliphatic rings. The molecule has 0 aromatic rings. The Bertz CT molecular complexity index is 740. The van der Waals surface area contributed by atoms with Gasteiger partial charge in [-0.25, -0.2) is 0 Å². The van der Waals surface area contributed by atoms with E-state index in [9.17, 15) is 10.2 Å². The molecule has 2 heterocycles. The lowest BCUT2D eigenvalue weighted by Crippen LogP contribution is -2.58. The SMILES string of the molecule is C=C1[C@H]2[C@H](C[C@H]3[C@@H]4CCC5CCCC[C@]5(C(O)O)[C@H]4CC[C@@]32C)O[C@]12CCC(C)CO2.